The van der Waals surface area contributed by atoms with Crippen molar-refractivity contribution in [2.45, 2.75) is 109 Å². The molecule has 230 valence electrons. The minimum Gasteiger partial charge on any atom is -0.479 e. The van der Waals surface area contributed by atoms with Gasteiger partial charge in [0.05, 0.1) is 6.04 Å². The standard InChI is InChI=1S/C27H47N3O10/c1-11-13-14-18(28-8)19(33)25(6,29(9)20(34)16(4)31)22(36)27(15(3)12-2,30(10)21(35)17(5)32)23(37)26(7,40)24(38)39/h15-18,28,31-32,40H,11-14H2,1-10H3,(H,38,39)/t15-,16+,17+,18-,25+,26+,27+/m0/s1/i10D. The fraction of sp³-hybridized carbons (Fsp3) is 0.778. The molecule has 0 saturated heterocycles. The normalized spacial score (nSPS) is 19.4. The van der Waals surface area contributed by atoms with E-state index in [2.05, 4.69) is 5.32 Å². The number of carbonyl (C=O) groups excluding carboxylic acids is 5. The number of rotatable bonds is 17. The highest BCUT2D eigenvalue weighted by molar-refractivity contribution is 6.30. The minimum atomic E-state index is -3.31. The number of hydrogen-bond acceptors (Lipinski definition) is 10. The smallest absolute Gasteiger partial charge is 0.343 e. The van der Waals surface area contributed by atoms with E-state index in [-0.39, 0.29) is 12.8 Å². The average molecular weight is 575 g/mol. The van der Waals surface area contributed by atoms with Gasteiger partial charge in [-0.15, -0.1) is 0 Å². The number of carbonyl (C=O) groups is 6. The first kappa shape index (κ1) is 35.3. The molecule has 0 aromatic rings. The maximum atomic E-state index is 15.0. The van der Waals surface area contributed by atoms with E-state index < -0.39 is 83.0 Å². The summed E-state index contributed by atoms with van der Waals surface area (Å²) in [6.45, 7) is 8.36. The van der Waals surface area contributed by atoms with Crippen LogP contribution in [-0.2, 0) is 28.8 Å². The molecule has 0 aromatic heterocycles. The number of amides is 2. The Morgan fingerprint density at radius 2 is 1.40 bits per heavy atom. The van der Waals surface area contributed by atoms with Gasteiger partial charge < -0.3 is 35.5 Å². The van der Waals surface area contributed by atoms with Crippen molar-refractivity contribution in [3.8, 4) is 0 Å². The van der Waals surface area contributed by atoms with Crippen LogP contribution in [0.5, 0.6) is 0 Å². The third kappa shape index (κ3) is 6.59. The Labute approximate surface area is 237 Å². The van der Waals surface area contributed by atoms with Crippen molar-refractivity contribution in [3.05, 3.63) is 0 Å². The van der Waals surface area contributed by atoms with Crippen LogP contribution >= 0.6 is 0 Å². The van der Waals surface area contributed by atoms with Crippen LogP contribution in [-0.4, -0.2) is 121 Å². The average Bonchev–Trinajstić information content (AvgIpc) is 2.92. The van der Waals surface area contributed by atoms with Crippen molar-refractivity contribution in [2.75, 3.05) is 21.1 Å². The van der Waals surface area contributed by atoms with Gasteiger partial charge in [0.1, 0.15) is 12.2 Å². The molecule has 0 radical (unpaired) electrons. The monoisotopic (exact) mass is 574 g/mol. The number of carboxylic acids is 1. The number of ketones is 3. The van der Waals surface area contributed by atoms with E-state index in [1.807, 2.05) is 6.92 Å². The van der Waals surface area contributed by atoms with Crippen LogP contribution in [0.2, 0.25) is 0 Å². The van der Waals surface area contributed by atoms with Gasteiger partial charge in [0.2, 0.25) is 11.4 Å². The van der Waals surface area contributed by atoms with Crippen LogP contribution in [0, 0.1) is 5.92 Å². The topological polar surface area (TPSA) is 202 Å². The van der Waals surface area contributed by atoms with Crippen molar-refractivity contribution in [3.63, 3.8) is 0 Å². The zero-order valence-corrected chi connectivity index (χ0v) is 25.0. The van der Waals surface area contributed by atoms with Crippen molar-refractivity contribution >= 4 is 35.1 Å². The highest BCUT2D eigenvalue weighted by Crippen LogP contribution is 2.39. The second kappa shape index (κ2) is 14.2. The van der Waals surface area contributed by atoms with E-state index in [1.165, 1.54) is 20.9 Å². The highest BCUT2D eigenvalue weighted by atomic mass is 16.4. The first-order chi connectivity index (χ1) is 18.7. The van der Waals surface area contributed by atoms with Gasteiger partial charge in [0.15, 0.2) is 22.6 Å². The van der Waals surface area contributed by atoms with Crippen molar-refractivity contribution in [2.24, 2.45) is 5.92 Å². The Hall–Kier alpha value is -2.74. The van der Waals surface area contributed by atoms with E-state index in [0.717, 1.165) is 27.8 Å². The second-order valence-electron chi connectivity index (χ2n) is 10.5. The lowest BCUT2D eigenvalue weighted by Crippen LogP contribution is -2.78. The zero-order valence-electron chi connectivity index (χ0n) is 26.0. The summed E-state index contributed by atoms with van der Waals surface area (Å²) >= 11 is 0. The molecule has 0 saturated carbocycles. The van der Waals surface area contributed by atoms with Gasteiger partial charge in [-0.05, 0) is 47.1 Å². The van der Waals surface area contributed by atoms with Gasteiger partial charge in [-0.3, -0.25) is 24.0 Å². The SMILES string of the molecule is [2H]CN(C(=O)[C@@H](C)O)[C@@](C(=O)[C@@](C)(O)C(=O)O)(C(=O)[C@@](C)(C(=O)[C@H](CCCC)NC)N(C)C(=O)[C@@H](C)O)[C@@H](C)CC. The third-order valence-electron chi connectivity index (χ3n) is 7.72. The van der Waals surface area contributed by atoms with E-state index in [9.17, 15) is 44.4 Å². The molecule has 7 atom stereocenters. The van der Waals surface area contributed by atoms with Gasteiger partial charge in [0, 0.05) is 15.4 Å². The molecule has 5 N–H and O–H groups in total. The summed E-state index contributed by atoms with van der Waals surface area (Å²) in [7, 11) is 1.32. The lowest BCUT2D eigenvalue weighted by atomic mass is 9.64. The number of unbranched alkanes of at least 4 members (excludes halogenated alkanes) is 1. The first-order valence-corrected chi connectivity index (χ1v) is 13.3. The van der Waals surface area contributed by atoms with E-state index in [0.29, 0.717) is 29.6 Å². The van der Waals surface area contributed by atoms with Crippen LogP contribution in [0.1, 0.15) is 75.5 Å². The summed E-state index contributed by atoms with van der Waals surface area (Å²) in [6.07, 6.45) is -2.35. The zero-order chi connectivity index (χ0) is 32.7. The Morgan fingerprint density at radius 1 is 0.925 bits per heavy atom. The van der Waals surface area contributed by atoms with E-state index >= 15 is 4.79 Å². The maximum Gasteiger partial charge on any atom is 0.343 e. The fourth-order valence-corrected chi connectivity index (χ4v) is 4.68. The molecule has 13 heteroatoms. The predicted octanol–water partition coefficient (Wildman–Crippen LogP) is -0.470. The van der Waals surface area contributed by atoms with Crippen molar-refractivity contribution < 1.29 is 50.6 Å². The molecule has 0 fully saturated rings. The molecule has 2 amide bonds. The van der Waals surface area contributed by atoms with Crippen LogP contribution in [0.3, 0.4) is 0 Å². The quantitative estimate of drug-likeness (QED) is 0.141. The molecular weight excluding hydrogens is 526 g/mol. The largest absolute Gasteiger partial charge is 0.479 e. The molecule has 0 aliphatic heterocycles. The molecule has 0 aliphatic carbocycles. The highest BCUT2D eigenvalue weighted by Gasteiger charge is 2.67. The number of nitrogens with one attached hydrogen (secondary N) is 1. The maximum absolute atomic E-state index is 15.0. The number of nitrogens with zero attached hydrogens (tertiary/aromatic N) is 2. The molecule has 13 nitrogen and oxygen atoms in total. The molecule has 0 heterocycles. The van der Waals surface area contributed by atoms with Gasteiger partial charge >= 0.3 is 5.97 Å². The van der Waals surface area contributed by atoms with Crippen molar-refractivity contribution in [1.29, 1.82) is 0 Å². The number of aliphatic hydroxyl groups excluding tert-OH is 2. The molecule has 40 heavy (non-hydrogen) atoms. The Morgan fingerprint density at radius 3 is 1.75 bits per heavy atom. The summed E-state index contributed by atoms with van der Waals surface area (Å²) in [5, 5.41) is 43.7. The predicted molar refractivity (Wildman–Crippen MR) is 145 cm³/mol. The van der Waals surface area contributed by atoms with Crippen LogP contribution in [0.25, 0.3) is 0 Å². The number of carboxylic acid groups (broad SMARTS) is 1. The Balaban J connectivity index is 8.23. The number of aliphatic hydroxyl groups is 3. The third-order valence-corrected chi connectivity index (χ3v) is 7.72. The molecule has 0 bridgehead atoms. The van der Waals surface area contributed by atoms with Gasteiger partial charge in [0.25, 0.3) is 11.8 Å². The molecule has 0 rings (SSSR count). The molecule has 0 aliphatic rings. The molecular formula is C27H47N3O10. The first-order valence-electron chi connectivity index (χ1n) is 14.0. The van der Waals surface area contributed by atoms with Gasteiger partial charge in [-0.25, -0.2) is 4.79 Å². The second-order valence-corrected chi connectivity index (χ2v) is 10.5. The van der Waals surface area contributed by atoms with Gasteiger partial charge in [-0.2, -0.15) is 0 Å². The number of aliphatic carboxylic acids is 1. The number of likely N-dealkylation sites (N-methyl/N-ethyl adjacent to an activating group) is 3. The van der Waals surface area contributed by atoms with Crippen LogP contribution in [0.15, 0.2) is 0 Å². The van der Waals surface area contributed by atoms with E-state index in [4.69, 9.17) is 1.37 Å². The van der Waals surface area contributed by atoms with Crippen molar-refractivity contribution in [1.82, 2.24) is 15.1 Å². The summed E-state index contributed by atoms with van der Waals surface area (Å²) in [4.78, 5) is 82.9. The fourth-order valence-electron chi connectivity index (χ4n) is 4.68. The van der Waals surface area contributed by atoms with Crippen LogP contribution in [0.4, 0.5) is 0 Å². The Bertz CT molecular complexity index is 1000. The summed E-state index contributed by atoms with van der Waals surface area (Å²) in [5.74, 6) is -9.97. The minimum absolute atomic E-state index is 0.111. The lowest BCUT2D eigenvalue weighted by molar-refractivity contribution is -0.180. The lowest BCUT2D eigenvalue weighted by Gasteiger charge is -2.51. The van der Waals surface area contributed by atoms with Crippen LogP contribution < -0.4 is 5.32 Å². The summed E-state index contributed by atoms with van der Waals surface area (Å²) in [5.41, 5.74) is -8.99. The molecule has 0 unspecified atom stereocenters. The summed E-state index contributed by atoms with van der Waals surface area (Å²) in [6, 6.07) is -1.07. The van der Waals surface area contributed by atoms with Gasteiger partial charge in [-0.1, -0.05) is 40.0 Å². The molecule has 0 spiro atoms. The Kier molecular flexibility index (Phi) is 12.6. The number of hydrogen-bond donors (Lipinski definition) is 5. The molecule has 0 aromatic carbocycles. The number of Topliss-reactive ketones (excluding diaryl/α,β-unsaturated/α-hetero) is 3. The van der Waals surface area contributed by atoms with E-state index in [1.54, 1.807) is 0 Å². The summed E-state index contributed by atoms with van der Waals surface area (Å²) < 4.78 is 8.13.